The smallest absolute Gasteiger partial charge is 0.335 e. The maximum Gasteiger partial charge on any atom is 0.335 e. The third kappa shape index (κ3) is 6.03. The van der Waals surface area contributed by atoms with E-state index in [0.717, 1.165) is 42.4 Å². The lowest BCUT2D eigenvalue weighted by Crippen LogP contribution is -2.38. The molecule has 0 unspecified atom stereocenters. The molecule has 0 radical (unpaired) electrons. The maximum absolute atomic E-state index is 13.8. The molecule has 0 aromatic heterocycles. The van der Waals surface area contributed by atoms with Gasteiger partial charge in [-0.2, -0.15) is 0 Å². The number of benzene rings is 4. The fourth-order valence-electron chi connectivity index (χ4n) is 5.49. The number of amides is 1. The Kier molecular flexibility index (Phi) is 7.98. The normalized spacial score (nSPS) is 13.5. The van der Waals surface area contributed by atoms with Crippen LogP contribution in [-0.2, 0) is 11.3 Å². The second-order valence-electron chi connectivity index (χ2n) is 10.2. The molecule has 0 heterocycles. The summed E-state index contributed by atoms with van der Waals surface area (Å²) in [6, 6.07) is 36.1. The SMILES string of the molecule is O=C(O)c1ccc(-c2ccc(CN(CC(c3ccccc3)c3ccccc3)C(=O)C3CCCC3)cc2)cc1. The minimum atomic E-state index is -0.928. The fourth-order valence-corrected chi connectivity index (χ4v) is 5.49. The maximum atomic E-state index is 13.8. The van der Waals surface area contributed by atoms with Crippen LogP contribution in [0, 0.1) is 5.92 Å². The number of rotatable bonds is 9. The first-order valence-electron chi connectivity index (χ1n) is 13.4. The van der Waals surface area contributed by atoms with E-state index in [0.29, 0.717) is 13.1 Å². The molecule has 4 aromatic carbocycles. The number of carbonyl (C=O) groups is 2. The number of aromatic carboxylic acids is 1. The largest absolute Gasteiger partial charge is 0.478 e. The topological polar surface area (TPSA) is 57.6 Å². The van der Waals surface area contributed by atoms with Crippen molar-refractivity contribution in [3.05, 3.63) is 131 Å². The van der Waals surface area contributed by atoms with Gasteiger partial charge in [-0.05, 0) is 52.8 Å². The minimum Gasteiger partial charge on any atom is -0.478 e. The molecule has 38 heavy (non-hydrogen) atoms. The Bertz CT molecular complexity index is 1300. The van der Waals surface area contributed by atoms with Gasteiger partial charge in [0.1, 0.15) is 0 Å². The molecule has 1 amide bonds. The van der Waals surface area contributed by atoms with Crippen LogP contribution in [0.3, 0.4) is 0 Å². The van der Waals surface area contributed by atoms with Gasteiger partial charge in [0.25, 0.3) is 0 Å². The number of hydrogen-bond acceptors (Lipinski definition) is 2. The Labute approximate surface area is 224 Å². The summed E-state index contributed by atoms with van der Waals surface area (Å²) in [6.07, 6.45) is 4.20. The van der Waals surface area contributed by atoms with Gasteiger partial charge in [0.15, 0.2) is 0 Å². The van der Waals surface area contributed by atoms with E-state index in [-0.39, 0.29) is 23.3 Å². The van der Waals surface area contributed by atoms with Crippen LogP contribution in [-0.4, -0.2) is 28.4 Å². The van der Waals surface area contributed by atoms with Crippen molar-refractivity contribution < 1.29 is 14.7 Å². The van der Waals surface area contributed by atoms with Crippen molar-refractivity contribution in [1.82, 2.24) is 4.90 Å². The highest BCUT2D eigenvalue weighted by molar-refractivity contribution is 5.88. The van der Waals surface area contributed by atoms with Crippen molar-refractivity contribution in [3.63, 3.8) is 0 Å². The molecule has 0 aliphatic heterocycles. The molecular weight excluding hydrogens is 470 g/mol. The predicted octanol–water partition coefficient (Wildman–Crippen LogP) is 7.40. The summed E-state index contributed by atoms with van der Waals surface area (Å²) >= 11 is 0. The Hall–Kier alpha value is -4.18. The Morgan fingerprint density at radius 3 is 1.71 bits per heavy atom. The molecule has 1 aliphatic carbocycles. The van der Waals surface area contributed by atoms with Crippen LogP contribution in [0.4, 0.5) is 0 Å². The fraction of sp³-hybridized carbons (Fsp3) is 0.235. The van der Waals surface area contributed by atoms with Gasteiger partial charge in [-0.15, -0.1) is 0 Å². The third-order valence-corrected chi connectivity index (χ3v) is 7.62. The zero-order chi connectivity index (χ0) is 26.3. The Morgan fingerprint density at radius 1 is 0.711 bits per heavy atom. The molecule has 1 fully saturated rings. The Balaban J connectivity index is 1.40. The van der Waals surface area contributed by atoms with Crippen molar-refractivity contribution >= 4 is 11.9 Å². The van der Waals surface area contributed by atoms with Gasteiger partial charge in [0.2, 0.25) is 5.91 Å². The van der Waals surface area contributed by atoms with Gasteiger partial charge in [0.05, 0.1) is 5.56 Å². The third-order valence-electron chi connectivity index (χ3n) is 7.62. The van der Waals surface area contributed by atoms with Gasteiger partial charge >= 0.3 is 5.97 Å². The molecule has 4 heteroatoms. The summed E-state index contributed by atoms with van der Waals surface area (Å²) in [4.78, 5) is 27.0. The summed E-state index contributed by atoms with van der Waals surface area (Å²) < 4.78 is 0. The number of carboxylic acid groups (broad SMARTS) is 1. The quantitative estimate of drug-likeness (QED) is 0.259. The first kappa shape index (κ1) is 25.5. The summed E-state index contributed by atoms with van der Waals surface area (Å²) in [7, 11) is 0. The standard InChI is InChI=1S/C34H33NO3/c36-33(30-13-7-8-14-30)35(24-32(28-9-3-1-4-10-28)29-11-5-2-6-12-29)23-25-15-17-26(18-16-25)27-19-21-31(22-20-27)34(37)38/h1-6,9-12,15-22,30,32H,7-8,13-14,23-24H2,(H,37,38). The van der Waals surface area contributed by atoms with Gasteiger partial charge in [-0.3, -0.25) is 4.79 Å². The molecule has 0 bridgehead atoms. The monoisotopic (exact) mass is 503 g/mol. The van der Waals surface area contributed by atoms with Crippen molar-refractivity contribution in [2.45, 2.75) is 38.1 Å². The highest BCUT2D eigenvalue weighted by Gasteiger charge is 2.29. The molecule has 4 aromatic rings. The van der Waals surface area contributed by atoms with Crippen LogP contribution < -0.4 is 0 Å². The average molecular weight is 504 g/mol. The molecule has 5 rings (SSSR count). The van der Waals surface area contributed by atoms with E-state index in [1.54, 1.807) is 12.1 Å². The molecule has 0 atom stereocenters. The van der Waals surface area contributed by atoms with E-state index in [1.165, 1.54) is 11.1 Å². The van der Waals surface area contributed by atoms with Crippen molar-refractivity contribution in [2.75, 3.05) is 6.54 Å². The molecule has 4 nitrogen and oxygen atoms in total. The van der Waals surface area contributed by atoms with Gasteiger partial charge < -0.3 is 10.0 Å². The highest BCUT2D eigenvalue weighted by Crippen LogP contribution is 2.31. The zero-order valence-electron chi connectivity index (χ0n) is 21.5. The molecule has 0 saturated heterocycles. The average Bonchev–Trinajstić information content (AvgIpc) is 3.51. The van der Waals surface area contributed by atoms with Crippen LogP contribution in [0.5, 0.6) is 0 Å². The zero-order valence-corrected chi connectivity index (χ0v) is 21.5. The summed E-state index contributed by atoms with van der Waals surface area (Å²) in [6.45, 7) is 1.19. The van der Waals surface area contributed by atoms with Crippen LogP contribution >= 0.6 is 0 Å². The lowest BCUT2D eigenvalue weighted by molar-refractivity contribution is -0.136. The summed E-state index contributed by atoms with van der Waals surface area (Å²) in [5.41, 5.74) is 5.77. The second kappa shape index (κ2) is 11.9. The highest BCUT2D eigenvalue weighted by atomic mass is 16.4. The van der Waals surface area contributed by atoms with E-state index in [9.17, 15) is 9.59 Å². The van der Waals surface area contributed by atoms with E-state index in [4.69, 9.17) is 5.11 Å². The number of carboxylic acids is 1. The molecule has 1 saturated carbocycles. The number of nitrogens with zero attached hydrogens (tertiary/aromatic N) is 1. The first-order chi connectivity index (χ1) is 18.6. The van der Waals surface area contributed by atoms with Crippen molar-refractivity contribution in [1.29, 1.82) is 0 Å². The summed E-state index contributed by atoms with van der Waals surface area (Å²) in [5, 5.41) is 9.17. The van der Waals surface area contributed by atoms with E-state index in [2.05, 4.69) is 77.7 Å². The molecule has 1 N–H and O–H groups in total. The molecular formula is C34H33NO3. The first-order valence-corrected chi connectivity index (χ1v) is 13.4. The van der Waals surface area contributed by atoms with Crippen molar-refractivity contribution in [2.24, 2.45) is 5.92 Å². The van der Waals surface area contributed by atoms with Crippen molar-refractivity contribution in [3.8, 4) is 11.1 Å². The van der Waals surface area contributed by atoms with E-state index in [1.807, 2.05) is 24.3 Å². The lowest BCUT2D eigenvalue weighted by Gasteiger charge is -2.31. The van der Waals surface area contributed by atoms with Crippen LogP contribution in [0.25, 0.3) is 11.1 Å². The molecule has 192 valence electrons. The Morgan fingerprint density at radius 2 is 1.21 bits per heavy atom. The number of carbonyl (C=O) groups excluding carboxylic acids is 1. The lowest BCUT2D eigenvalue weighted by atomic mass is 9.90. The molecule has 0 spiro atoms. The van der Waals surface area contributed by atoms with Gasteiger partial charge in [-0.1, -0.05) is 110 Å². The molecule has 1 aliphatic rings. The summed E-state index contributed by atoms with van der Waals surface area (Å²) in [5.74, 6) is -0.472. The van der Waals surface area contributed by atoms with E-state index < -0.39 is 5.97 Å². The predicted molar refractivity (Wildman–Crippen MR) is 151 cm³/mol. The van der Waals surface area contributed by atoms with Gasteiger partial charge in [-0.25, -0.2) is 4.79 Å². The number of hydrogen-bond donors (Lipinski definition) is 1. The van der Waals surface area contributed by atoms with Crippen LogP contribution in [0.2, 0.25) is 0 Å². The van der Waals surface area contributed by atoms with Crippen LogP contribution in [0.1, 0.15) is 58.6 Å². The minimum absolute atomic E-state index is 0.0924. The van der Waals surface area contributed by atoms with Gasteiger partial charge in [0, 0.05) is 24.9 Å². The van der Waals surface area contributed by atoms with Crippen LogP contribution in [0.15, 0.2) is 109 Å². The second-order valence-corrected chi connectivity index (χ2v) is 10.2. The van der Waals surface area contributed by atoms with E-state index >= 15 is 0 Å².